The lowest BCUT2D eigenvalue weighted by Crippen LogP contribution is -2.21. The van der Waals surface area contributed by atoms with E-state index < -0.39 is 17.5 Å². The maximum Gasteiger partial charge on any atom is 0.347 e. The van der Waals surface area contributed by atoms with Gasteiger partial charge in [-0.25, -0.2) is 9.59 Å². The van der Waals surface area contributed by atoms with E-state index in [9.17, 15) is 14.7 Å². The second kappa shape index (κ2) is 10.00. The number of esters is 1. The molecular formula is C21H29NO4. The molecule has 0 aromatic heterocycles. The number of nitrogens with one attached hydrogen (secondary N) is 1. The van der Waals surface area contributed by atoms with Crippen molar-refractivity contribution in [3.63, 3.8) is 0 Å². The number of rotatable bonds is 7. The van der Waals surface area contributed by atoms with Crippen molar-refractivity contribution in [1.82, 2.24) is 0 Å². The molecule has 1 aromatic rings. The fourth-order valence-corrected chi connectivity index (χ4v) is 3.16. The number of ether oxygens (including phenoxy) is 1. The van der Waals surface area contributed by atoms with E-state index in [0.29, 0.717) is 12.3 Å². The molecule has 5 nitrogen and oxygen atoms in total. The molecule has 5 heteroatoms. The summed E-state index contributed by atoms with van der Waals surface area (Å²) < 4.78 is 5.09. The predicted molar refractivity (Wildman–Crippen MR) is 102 cm³/mol. The highest BCUT2D eigenvalue weighted by Gasteiger charge is 2.21. The van der Waals surface area contributed by atoms with E-state index in [1.807, 2.05) is 19.1 Å². The van der Waals surface area contributed by atoms with Crippen LogP contribution in [0.15, 0.2) is 36.0 Å². The first-order valence-corrected chi connectivity index (χ1v) is 9.52. The third kappa shape index (κ3) is 5.90. The Labute approximate surface area is 155 Å². The van der Waals surface area contributed by atoms with Gasteiger partial charge in [0.05, 0.1) is 6.10 Å². The maximum absolute atomic E-state index is 12.0. The molecule has 0 heterocycles. The highest BCUT2D eigenvalue weighted by Crippen LogP contribution is 2.32. The maximum atomic E-state index is 12.0. The number of hydrogen-bond donors (Lipinski definition) is 2. The molecule has 0 spiro atoms. The number of carbonyl (C=O) groups excluding carboxylic acids is 1. The lowest BCUT2D eigenvalue weighted by atomic mass is 9.92. The molecule has 1 aliphatic carbocycles. The van der Waals surface area contributed by atoms with Crippen molar-refractivity contribution in [2.24, 2.45) is 0 Å². The van der Waals surface area contributed by atoms with Gasteiger partial charge in [-0.15, -0.1) is 0 Å². The Bertz CT molecular complexity index is 628. The van der Waals surface area contributed by atoms with E-state index >= 15 is 0 Å². The van der Waals surface area contributed by atoms with E-state index in [1.165, 1.54) is 50.3 Å². The first-order valence-electron chi connectivity index (χ1n) is 9.52. The number of carboxylic acid groups (broad SMARTS) is 1. The highest BCUT2D eigenvalue weighted by atomic mass is 16.5. The Morgan fingerprint density at radius 2 is 1.81 bits per heavy atom. The second-order valence-electron chi connectivity index (χ2n) is 6.94. The Morgan fingerprint density at radius 3 is 2.35 bits per heavy atom. The Hall–Kier alpha value is -2.30. The predicted octanol–water partition coefficient (Wildman–Crippen LogP) is 4.85. The van der Waals surface area contributed by atoms with Crippen molar-refractivity contribution in [2.75, 3.05) is 5.32 Å². The van der Waals surface area contributed by atoms with Crippen LogP contribution >= 0.6 is 0 Å². The molecule has 1 fully saturated rings. The number of anilines is 1. The van der Waals surface area contributed by atoms with Crippen LogP contribution in [-0.4, -0.2) is 23.1 Å². The average molecular weight is 359 g/mol. The van der Waals surface area contributed by atoms with E-state index in [-0.39, 0.29) is 6.10 Å². The van der Waals surface area contributed by atoms with Gasteiger partial charge in [0, 0.05) is 11.9 Å². The SMILES string of the molecule is CCC(C)OC(=O)C(=CNc1ccc(C2CCCCCC2)cc1)C(=O)O. The van der Waals surface area contributed by atoms with Crippen LogP contribution in [0.5, 0.6) is 0 Å². The molecule has 2 rings (SSSR count). The summed E-state index contributed by atoms with van der Waals surface area (Å²) in [6, 6.07) is 8.03. The van der Waals surface area contributed by atoms with Gasteiger partial charge < -0.3 is 15.2 Å². The summed E-state index contributed by atoms with van der Waals surface area (Å²) >= 11 is 0. The molecule has 1 aromatic carbocycles. The monoisotopic (exact) mass is 359 g/mol. The number of hydrogen-bond acceptors (Lipinski definition) is 4. The molecule has 1 aliphatic rings. The smallest absolute Gasteiger partial charge is 0.347 e. The van der Waals surface area contributed by atoms with Crippen LogP contribution in [0.2, 0.25) is 0 Å². The summed E-state index contributed by atoms with van der Waals surface area (Å²) in [6.07, 6.45) is 9.21. The van der Waals surface area contributed by atoms with Gasteiger partial charge in [0.2, 0.25) is 0 Å². The van der Waals surface area contributed by atoms with E-state index in [2.05, 4.69) is 17.4 Å². The van der Waals surface area contributed by atoms with E-state index in [1.54, 1.807) is 6.92 Å². The van der Waals surface area contributed by atoms with Gasteiger partial charge in [0.25, 0.3) is 0 Å². The standard InChI is InChI=1S/C21H29NO4/c1-3-15(2)26-21(25)19(20(23)24)14-22-18-12-10-17(11-13-18)16-8-6-4-5-7-9-16/h10-16,22H,3-9H2,1-2H3,(H,23,24). The molecule has 0 saturated heterocycles. The Morgan fingerprint density at radius 1 is 1.19 bits per heavy atom. The average Bonchev–Trinajstić information content (AvgIpc) is 2.91. The van der Waals surface area contributed by atoms with Crippen molar-refractivity contribution >= 4 is 17.6 Å². The fraction of sp³-hybridized carbons (Fsp3) is 0.524. The van der Waals surface area contributed by atoms with Gasteiger partial charge in [-0.1, -0.05) is 44.7 Å². The summed E-state index contributed by atoms with van der Waals surface area (Å²) in [5.41, 5.74) is 1.67. The number of aliphatic carboxylic acids is 1. The van der Waals surface area contributed by atoms with Gasteiger partial charge in [0.1, 0.15) is 0 Å². The first-order chi connectivity index (χ1) is 12.5. The summed E-state index contributed by atoms with van der Waals surface area (Å²) in [6.45, 7) is 3.60. The molecule has 0 aliphatic heterocycles. The van der Waals surface area contributed by atoms with Gasteiger partial charge in [-0.05, 0) is 49.8 Å². The minimum atomic E-state index is -1.30. The molecule has 2 N–H and O–H groups in total. The largest absolute Gasteiger partial charge is 0.477 e. The minimum Gasteiger partial charge on any atom is -0.477 e. The summed E-state index contributed by atoms with van der Waals surface area (Å²) in [5.74, 6) is -1.52. The van der Waals surface area contributed by atoms with Gasteiger partial charge in [0.15, 0.2) is 5.57 Å². The lowest BCUT2D eigenvalue weighted by molar-refractivity contribution is -0.147. The molecule has 0 amide bonds. The normalized spacial score (nSPS) is 17.2. The van der Waals surface area contributed by atoms with Crippen LogP contribution < -0.4 is 5.32 Å². The zero-order valence-electron chi connectivity index (χ0n) is 15.7. The number of benzene rings is 1. The third-order valence-electron chi connectivity index (χ3n) is 4.95. The number of carbonyl (C=O) groups is 2. The van der Waals surface area contributed by atoms with Crippen LogP contribution in [0, 0.1) is 0 Å². The third-order valence-corrected chi connectivity index (χ3v) is 4.95. The molecule has 1 atom stereocenters. The van der Waals surface area contributed by atoms with Crippen molar-refractivity contribution < 1.29 is 19.4 Å². The van der Waals surface area contributed by atoms with E-state index in [4.69, 9.17) is 4.74 Å². The van der Waals surface area contributed by atoms with Crippen molar-refractivity contribution in [2.45, 2.75) is 70.8 Å². The summed E-state index contributed by atoms with van der Waals surface area (Å²) in [7, 11) is 0. The molecule has 1 saturated carbocycles. The second-order valence-corrected chi connectivity index (χ2v) is 6.94. The quantitative estimate of drug-likeness (QED) is 0.239. The lowest BCUT2D eigenvalue weighted by Gasteiger charge is -2.15. The zero-order valence-corrected chi connectivity index (χ0v) is 15.7. The van der Waals surface area contributed by atoms with Crippen molar-refractivity contribution in [3.05, 3.63) is 41.6 Å². The van der Waals surface area contributed by atoms with Crippen molar-refractivity contribution in [3.8, 4) is 0 Å². The first kappa shape index (κ1) is 20.0. The Balaban J connectivity index is 2.02. The van der Waals surface area contributed by atoms with Crippen LogP contribution in [0.25, 0.3) is 0 Å². The van der Waals surface area contributed by atoms with Gasteiger partial charge in [-0.3, -0.25) is 0 Å². The molecule has 1 unspecified atom stereocenters. The van der Waals surface area contributed by atoms with Crippen LogP contribution in [0.4, 0.5) is 5.69 Å². The molecule has 0 bridgehead atoms. The fourth-order valence-electron chi connectivity index (χ4n) is 3.16. The zero-order chi connectivity index (χ0) is 18.9. The Kier molecular flexibility index (Phi) is 7.70. The van der Waals surface area contributed by atoms with Gasteiger partial charge >= 0.3 is 11.9 Å². The summed E-state index contributed by atoms with van der Waals surface area (Å²) in [5, 5.41) is 12.1. The topological polar surface area (TPSA) is 75.6 Å². The number of carboxylic acids is 1. The van der Waals surface area contributed by atoms with Gasteiger partial charge in [-0.2, -0.15) is 0 Å². The molecular weight excluding hydrogens is 330 g/mol. The van der Waals surface area contributed by atoms with Crippen LogP contribution in [-0.2, 0) is 14.3 Å². The highest BCUT2D eigenvalue weighted by molar-refractivity contribution is 6.13. The minimum absolute atomic E-state index is 0.316. The van der Waals surface area contributed by atoms with Crippen LogP contribution in [0.3, 0.4) is 0 Å². The van der Waals surface area contributed by atoms with E-state index in [0.717, 1.165) is 5.69 Å². The molecule has 0 radical (unpaired) electrons. The molecule has 26 heavy (non-hydrogen) atoms. The molecule has 142 valence electrons. The van der Waals surface area contributed by atoms with Crippen LogP contribution in [0.1, 0.15) is 70.3 Å². The summed E-state index contributed by atoms with van der Waals surface area (Å²) in [4.78, 5) is 23.3. The van der Waals surface area contributed by atoms with Crippen molar-refractivity contribution in [1.29, 1.82) is 0 Å².